The maximum atomic E-state index is 5.93. The van der Waals surface area contributed by atoms with Gasteiger partial charge in [0, 0.05) is 24.2 Å². The van der Waals surface area contributed by atoms with Crippen LogP contribution in [-0.4, -0.2) is 15.2 Å². The van der Waals surface area contributed by atoms with Crippen molar-refractivity contribution in [2.24, 2.45) is 0 Å². The third-order valence-corrected chi connectivity index (χ3v) is 2.16. The molecule has 0 aliphatic carbocycles. The molecule has 2 aromatic heterocycles. The lowest BCUT2D eigenvalue weighted by molar-refractivity contribution is 1.09. The van der Waals surface area contributed by atoms with Crippen molar-refractivity contribution in [3.63, 3.8) is 0 Å². The Morgan fingerprint density at radius 1 is 1.46 bits per heavy atom. The second-order valence-electron chi connectivity index (χ2n) is 2.77. The summed E-state index contributed by atoms with van der Waals surface area (Å²) in [6, 6.07) is 1.90. The first-order chi connectivity index (χ1) is 6.29. The summed E-state index contributed by atoms with van der Waals surface area (Å²) in [6.45, 7) is 1.98. The number of pyridine rings is 1. The van der Waals surface area contributed by atoms with Gasteiger partial charge in [0.05, 0.1) is 5.02 Å². The fourth-order valence-electron chi connectivity index (χ4n) is 1.20. The summed E-state index contributed by atoms with van der Waals surface area (Å²) in [4.78, 5) is 4.00. The summed E-state index contributed by atoms with van der Waals surface area (Å²) in [5.74, 6) is 0. The number of nitrogens with one attached hydrogen (secondary N) is 1. The first-order valence-corrected chi connectivity index (χ1v) is 4.27. The lowest BCUT2D eigenvalue weighted by Crippen LogP contribution is -1.85. The Kier molecular flexibility index (Phi) is 2.02. The number of halogens is 1. The Bertz CT molecular complexity index is 422. The number of hydrogen-bond donors (Lipinski definition) is 1. The van der Waals surface area contributed by atoms with E-state index in [0.29, 0.717) is 5.02 Å². The lowest BCUT2D eigenvalue weighted by atomic mass is 10.1. The van der Waals surface area contributed by atoms with Crippen molar-refractivity contribution in [1.82, 2.24) is 15.2 Å². The number of nitrogens with zero attached hydrogens (tertiary/aromatic N) is 2. The van der Waals surface area contributed by atoms with Crippen LogP contribution in [0.2, 0.25) is 5.02 Å². The number of H-pyrrole nitrogens is 1. The highest BCUT2D eigenvalue weighted by atomic mass is 35.5. The number of aromatic amines is 1. The van der Waals surface area contributed by atoms with Crippen molar-refractivity contribution in [2.45, 2.75) is 6.92 Å². The van der Waals surface area contributed by atoms with Gasteiger partial charge in [0.2, 0.25) is 0 Å². The average molecular weight is 194 g/mol. The molecular formula is C9H8ClN3. The standard InChI is InChI=1S/C9H8ClN3/c1-6-4-11-3-2-7(6)9-8(10)5-12-13-9/h2-5H,1H3,(H,12,13). The van der Waals surface area contributed by atoms with E-state index in [1.165, 1.54) is 0 Å². The Labute approximate surface area is 80.8 Å². The zero-order valence-corrected chi connectivity index (χ0v) is 7.84. The van der Waals surface area contributed by atoms with Crippen molar-refractivity contribution in [3.8, 4) is 11.3 Å². The Balaban J connectivity index is 2.59. The van der Waals surface area contributed by atoms with Crippen molar-refractivity contribution in [1.29, 1.82) is 0 Å². The van der Waals surface area contributed by atoms with Gasteiger partial charge < -0.3 is 0 Å². The predicted molar refractivity (Wildman–Crippen MR) is 51.6 cm³/mol. The second kappa shape index (κ2) is 3.18. The van der Waals surface area contributed by atoms with Gasteiger partial charge in [-0.25, -0.2) is 0 Å². The molecule has 3 nitrogen and oxygen atoms in total. The molecule has 13 heavy (non-hydrogen) atoms. The Morgan fingerprint density at radius 2 is 2.31 bits per heavy atom. The van der Waals surface area contributed by atoms with Gasteiger partial charge in [-0.3, -0.25) is 10.1 Å². The van der Waals surface area contributed by atoms with E-state index in [0.717, 1.165) is 16.8 Å². The van der Waals surface area contributed by atoms with Crippen LogP contribution in [0.1, 0.15) is 5.56 Å². The summed E-state index contributed by atoms with van der Waals surface area (Å²) < 4.78 is 0. The van der Waals surface area contributed by atoms with Gasteiger partial charge in [0.1, 0.15) is 5.69 Å². The van der Waals surface area contributed by atoms with Crippen molar-refractivity contribution in [2.75, 3.05) is 0 Å². The van der Waals surface area contributed by atoms with Gasteiger partial charge in [-0.1, -0.05) is 11.6 Å². The van der Waals surface area contributed by atoms with E-state index >= 15 is 0 Å². The molecule has 0 aliphatic heterocycles. The SMILES string of the molecule is Cc1cnccc1-c1n[nH]cc1Cl. The maximum Gasteiger partial charge on any atom is 0.111 e. The Morgan fingerprint density at radius 3 is 2.92 bits per heavy atom. The smallest absolute Gasteiger partial charge is 0.111 e. The van der Waals surface area contributed by atoms with E-state index in [-0.39, 0.29) is 0 Å². The molecule has 0 saturated carbocycles. The highest BCUT2D eigenvalue weighted by molar-refractivity contribution is 6.33. The maximum absolute atomic E-state index is 5.93. The fraction of sp³-hybridized carbons (Fsp3) is 0.111. The molecular weight excluding hydrogens is 186 g/mol. The molecule has 0 atom stereocenters. The second-order valence-corrected chi connectivity index (χ2v) is 3.18. The van der Waals surface area contributed by atoms with Gasteiger partial charge in [0.15, 0.2) is 0 Å². The predicted octanol–water partition coefficient (Wildman–Crippen LogP) is 2.43. The van der Waals surface area contributed by atoms with Gasteiger partial charge in [0.25, 0.3) is 0 Å². The van der Waals surface area contributed by atoms with Crippen LogP contribution < -0.4 is 0 Å². The summed E-state index contributed by atoms with van der Waals surface area (Å²) in [5.41, 5.74) is 2.86. The average Bonchev–Trinajstić information content (AvgIpc) is 2.52. The van der Waals surface area contributed by atoms with Crippen LogP contribution in [-0.2, 0) is 0 Å². The van der Waals surface area contributed by atoms with Crippen LogP contribution in [0.5, 0.6) is 0 Å². The molecule has 0 aromatic carbocycles. The topological polar surface area (TPSA) is 41.6 Å². The van der Waals surface area contributed by atoms with Crippen molar-refractivity contribution >= 4 is 11.6 Å². The number of aryl methyl sites for hydroxylation is 1. The zero-order valence-electron chi connectivity index (χ0n) is 7.08. The summed E-state index contributed by atoms with van der Waals surface area (Å²) in [6.07, 6.45) is 5.18. The monoisotopic (exact) mass is 193 g/mol. The largest absolute Gasteiger partial charge is 0.284 e. The fourth-order valence-corrected chi connectivity index (χ4v) is 1.40. The molecule has 0 bridgehead atoms. The van der Waals surface area contributed by atoms with Crippen LogP contribution in [0.15, 0.2) is 24.7 Å². The Hall–Kier alpha value is -1.35. The van der Waals surface area contributed by atoms with Gasteiger partial charge in [-0.05, 0) is 18.6 Å². The third kappa shape index (κ3) is 1.42. The molecule has 66 valence electrons. The molecule has 0 spiro atoms. The molecule has 0 fully saturated rings. The number of aromatic nitrogens is 3. The van der Waals surface area contributed by atoms with E-state index in [2.05, 4.69) is 15.2 Å². The molecule has 0 unspecified atom stereocenters. The molecule has 2 aromatic rings. The molecule has 0 radical (unpaired) electrons. The number of rotatable bonds is 1. The molecule has 2 rings (SSSR count). The first-order valence-electron chi connectivity index (χ1n) is 3.89. The molecule has 0 saturated heterocycles. The molecule has 4 heteroatoms. The van der Waals surface area contributed by atoms with E-state index in [1.54, 1.807) is 18.6 Å². The molecule has 2 heterocycles. The van der Waals surface area contributed by atoms with Gasteiger partial charge in [-0.15, -0.1) is 0 Å². The van der Waals surface area contributed by atoms with E-state index < -0.39 is 0 Å². The van der Waals surface area contributed by atoms with Crippen molar-refractivity contribution < 1.29 is 0 Å². The third-order valence-electron chi connectivity index (χ3n) is 1.87. The van der Waals surface area contributed by atoms with Crippen molar-refractivity contribution in [3.05, 3.63) is 35.2 Å². The summed E-state index contributed by atoms with van der Waals surface area (Å²) in [5, 5.41) is 7.42. The highest BCUT2D eigenvalue weighted by Crippen LogP contribution is 2.26. The minimum Gasteiger partial charge on any atom is -0.284 e. The van der Waals surface area contributed by atoms with Gasteiger partial charge in [-0.2, -0.15) is 5.10 Å². The molecule has 0 aliphatic rings. The van der Waals surface area contributed by atoms with Crippen LogP contribution in [0.25, 0.3) is 11.3 Å². The van der Waals surface area contributed by atoms with E-state index in [9.17, 15) is 0 Å². The van der Waals surface area contributed by atoms with E-state index in [1.807, 2.05) is 13.0 Å². The minimum absolute atomic E-state index is 0.634. The van der Waals surface area contributed by atoms with Gasteiger partial charge >= 0.3 is 0 Å². The summed E-state index contributed by atoms with van der Waals surface area (Å²) in [7, 11) is 0. The molecule has 0 amide bonds. The van der Waals surface area contributed by atoms with Crippen LogP contribution >= 0.6 is 11.6 Å². The quantitative estimate of drug-likeness (QED) is 0.756. The summed E-state index contributed by atoms with van der Waals surface area (Å²) >= 11 is 5.93. The highest BCUT2D eigenvalue weighted by Gasteiger charge is 2.07. The normalized spacial score (nSPS) is 10.3. The number of hydrogen-bond acceptors (Lipinski definition) is 2. The first kappa shape index (κ1) is 8.26. The van der Waals surface area contributed by atoms with Crippen LogP contribution in [0.4, 0.5) is 0 Å². The van der Waals surface area contributed by atoms with E-state index in [4.69, 9.17) is 11.6 Å². The lowest BCUT2D eigenvalue weighted by Gasteiger charge is -2.00. The zero-order chi connectivity index (χ0) is 9.26. The minimum atomic E-state index is 0.634. The van der Waals surface area contributed by atoms with Crippen LogP contribution in [0, 0.1) is 6.92 Å². The molecule has 1 N–H and O–H groups in total. The van der Waals surface area contributed by atoms with Crippen LogP contribution in [0.3, 0.4) is 0 Å².